The van der Waals surface area contributed by atoms with Gasteiger partial charge in [0.05, 0.1) is 17.3 Å². The fourth-order valence-electron chi connectivity index (χ4n) is 4.45. The highest BCUT2D eigenvalue weighted by Crippen LogP contribution is 2.18. The molecule has 2 fully saturated rings. The number of nitrogens with one attached hydrogen (secondary N) is 2. The quantitative estimate of drug-likeness (QED) is 0.668. The maximum Gasteiger partial charge on any atom is 0.253 e. The number of para-hydroxylation sites is 1. The van der Waals surface area contributed by atoms with Crippen LogP contribution in [0.4, 0.5) is 0 Å². The Morgan fingerprint density at radius 1 is 0.938 bits per heavy atom. The molecule has 2 saturated heterocycles. The van der Waals surface area contributed by atoms with Crippen LogP contribution in [0.25, 0.3) is 23.1 Å². The van der Waals surface area contributed by atoms with Crippen LogP contribution in [0.2, 0.25) is 0 Å². The number of hydrogen-bond donors (Lipinski definition) is 2. The Hall–Kier alpha value is -3.45. The SMILES string of the molecule is O=C(c1ccc(C=Cc2n[nH]c3ccccc23)cc1)N1CCN(C(=O)C2CCCN2)CC1. The highest BCUT2D eigenvalue weighted by molar-refractivity contribution is 5.95. The van der Waals surface area contributed by atoms with Gasteiger partial charge in [0.15, 0.2) is 0 Å². The number of piperazine rings is 1. The van der Waals surface area contributed by atoms with Crippen molar-refractivity contribution in [3.05, 3.63) is 65.4 Å². The molecule has 0 bridgehead atoms. The molecular weight excluding hydrogens is 402 g/mol. The fourth-order valence-corrected chi connectivity index (χ4v) is 4.45. The lowest BCUT2D eigenvalue weighted by Crippen LogP contribution is -2.54. The molecule has 2 amide bonds. The number of hydrogen-bond acceptors (Lipinski definition) is 4. The third-order valence-electron chi connectivity index (χ3n) is 6.33. The Kier molecular flexibility index (Phi) is 5.73. The minimum absolute atomic E-state index is 0.0184. The molecule has 0 aliphatic carbocycles. The normalized spacial score (nSPS) is 19.2. The molecule has 1 atom stereocenters. The lowest BCUT2D eigenvalue weighted by molar-refractivity contribution is -0.134. The van der Waals surface area contributed by atoms with Gasteiger partial charge >= 0.3 is 0 Å². The molecule has 164 valence electrons. The first-order valence-corrected chi connectivity index (χ1v) is 11.2. The van der Waals surface area contributed by atoms with Gasteiger partial charge < -0.3 is 15.1 Å². The third kappa shape index (κ3) is 4.16. The summed E-state index contributed by atoms with van der Waals surface area (Å²) < 4.78 is 0. The highest BCUT2D eigenvalue weighted by Gasteiger charge is 2.30. The molecule has 3 aromatic rings. The molecule has 3 heterocycles. The smallest absolute Gasteiger partial charge is 0.253 e. The number of carbonyl (C=O) groups excluding carboxylic acids is 2. The second kappa shape index (κ2) is 8.96. The summed E-state index contributed by atoms with van der Waals surface area (Å²) in [6.45, 7) is 3.26. The molecule has 2 aliphatic heterocycles. The Morgan fingerprint density at radius 2 is 1.69 bits per heavy atom. The lowest BCUT2D eigenvalue weighted by atomic mass is 10.1. The van der Waals surface area contributed by atoms with E-state index in [9.17, 15) is 9.59 Å². The van der Waals surface area contributed by atoms with E-state index < -0.39 is 0 Å². The zero-order valence-corrected chi connectivity index (χ0v) is 18.0. The molecule has 7 nitrogen and oxygen atoms in total. The predicted molar refractivity (Wildman–Crippen MR) is 125 cm³/mol. The van der Waals surface area contributed by atoms with Crippen LogP contribution < -0.4 is 5.32 Å². The van der Waals surface area contributed by atoms with Crippen molar-refractivity contribution in [1.82, 2.24) is 25.3 Å². The van der Waals surface area contributed by atoms with E-state index in [1.54, 1.807) is 0 Å². The molecule has 7 heteroatoms. The van der Waals surface area contributed by atoms with Crippen molar-refractivity contribution in [2.24, 2.45) is 0 Å². The van der Waals surface area contributed by atoms with Crippen molar-refractivity contribution >= 4 is 34.9 Å². The van der Waals surface area contributed by atoms with E-state index >= 15 is 0 Å². The van der Waals surface area contributed by atoms with E-state index in [1.807, 2.05) is 70.5 Å². The average Bonchev–Trinajstić information content (AvgIpc) is 3.53. The number of aromatic amines is 1. The zero-order chi connectivity index (χ0) is 21.9. The molecule has 0 saturated carbocycles. The van der Waals surface area contributed by atoms with E-state index in [1.165, 1.54) is 0 Å². The Labute approximate surface area is 187 Å². The van der Waals surface area contributed by atoms with Crippen LogP contribution in [0.3, 0.4) is 0 Å². The summed E-state index contributed by atoms with van der Waals surface area (Å²) in [5, 5.41) is 11.7. The van der Waals surface area contributed by atoms with Crippen LogP contribution in [0.1, 0.15) is 34.5 Å². The Morgan fingerprint density at radius 3 is 2.44 bits per heavy atom. The number of rotatable bonds is 4. The van der Waals surface area contributed by atoms with Crippen LogP contribution in [-0.4, -0.2) is 70.6 Å². The summed E-state index contributed by atoms with van der Waals surface area (Å²) in [4.78, 5) is 29.2. The maximum absolute atomic E-state index is 12.9. The van der Waals surface area contributed by atoms with E-state index in [0.29, 0.717) is 31.7 Å². The van der Waals surface area contributed by atoms with E-state index in [2.05, 4.69) is 15.5 Å². The summed E-state index contributed by atoms with van der Waals surface area (Å²) in [5.41, 5.74) is 3.58. The van der Waals surface area contributed by atoms with Gasteiger partial charge in [0, 0.05) is 37.1 Å². The van der Waals surface area contributed by atoms with Gasteiger partial charge in [0.2, 0.25) is 5.91 Å². The Bertz CT molecular complexity index is 1140. The summed E-state index contributed by atoms with van der Waals surface area (Å²) >= 11 is 0. The van der Waals surface area contributed by atoms with Crippen molar-refractivity contribution in [2.45, 2.75) is 18.9 Å². The van der Waals surface area contributed by atoms with Crippen molar-refractivity contribution in [3.8, 4) is 0 Å². The molecule has 2 aliphatic rings. The van der Waals surface area contributed by atoms with Crippen molar-refractivity contribution in [3.63, 3.8) is 0 Å². The average molecular weight is 430 g/mol. The highest BCUT2D eigenvalue weighted by atomic mass is 16.2. The second-order valence-corrected chi connectivity index (χ2v) is 8.38. The summed E-state index contributed by atoms with van der Waals surface area (Å²) in [7, 11) is 0. The minimum atomic E-state index is -0.0442. The van der Waals surface area contributed by atoms with Gasteiger partial charge in [-0.2, -0.15) is 5.10 Å². The summed E-state index contributed by atoms with van der Waals surface area (Å²) in [6.07, 6.45) is 5.94. The van der Waals surface area contributed by atoms with E-state index in [0.717, 1.165) is 41.5 Å². The van der Waals surface area contributed by atoms with Crippen LogP contribution >= 0.6 is 0 Å². The number of nitrogens with zero attached hydrogens (tertiary/aromatic N) is 3. The monoisotopic (exact) mass is 429 g/mol. The van der Waals surface area contributed by atoms with E-state index in [-0.39, 0.29) is 17.9 Å². The molecule has 1 aromatic heterocycles. The first-order chi connectivity index (χ1) is 15.7. The number of amides is 2. The van der Waals surface area contributed by atoms with Gasteiger partial charge in [-0.1, -0.05) is 36.4 Å². The van der Waals surface area contributed by atoms with Crippen LogP contribution in [-0.2, 0) is 4.79 Å². The molecule has 32 heavy (non-hydrogen) atoms. The van der Waals surface area contributed by atoms with Crippen molar-refractivity contribution in [1.29, 1.82) is 0 Å². The van der Waals surface area contributed by atoms with Gasteiger partial charge in [-0.05, 0) is 49.2 Å². The summed E-state index contributed by atoms with van der Waals surface area (Å²) in [5.74, 6) is 0.195. The zero-order valence-electron chi connectivity index (χ0n) is 18.0. The van der Waals surface area contributed by atoms with Gasteiger partial charge in [0.25, 0.3) is 5.91 Å². The van der Waals surface area contributed by atoms with Gasteiger partial charge in [0.1, 0.15) is 0 Å². The number of H-pyrrole nitrogens is 1. The van der Waals surface area contributed by atoms with Crippen LogP contribution in [0.5, 0.6) is 0 Å². The van der Waals surface area contributed by atoms with Crippen LogP contribution in [0.15, 0.2) is 48.5 Å². The number of carbonyl (C=O) groups is 2. The van der Waals surface area contributed by atoms with Gasteiger partial charge in [-0.15, -0.1) is 0 Å². The molecule has 5 rings (SSSR count). The number of benzene rings is 2. The Balaban J connectivity index is 1.19. The van der Waals surface area contributed by atoms with Gasteiger partial charge in [-0.3, -0.25) is 14.7 Å². The summed E-state index contributed by atoms with van der Waals surface area (Å²) in [6, 6.07) is 15.6. The van der Waals surface area contributed by atoms with E-state index in [4.69, 9.17) is 0 Å². The largest absolute Gasteiger partial charge is 0.338 e. The first kappa shape index (κ1) is 20.5. The van der Waals surface area contributed by atoms with Crippen molar-refractivity contribution < 1.29 is 9.59 Å². The topological polar surface area (TPSA) is 81.3 Å². The number of aromatic nitrogens is 2. The molecule has 1 unspecified atom stereocenters. The predicted octanol–water partition coefficient (Wildman–Crippen LogP) is 2.77. The lowest BCUT2D eigenvalue weighted by Gasteiger charge is -2.36. The van der Waals surface area contributed by atoms with Crippen LogP contribution in [0, 0.1) is 0 Å². The molecule has 0 spiro atoms. The number of fused-ring (bicyclic) bond motifs is 1. The molecular formula is C25H27N5O2. The van der Waals surface area contributed by atoms with Gasteiger partial charge in [-0.25, -0.2) is 0 Å². The second-order valence-electron chi connectivity index (χ2n) is 8.38. The maximum atomic E-state index is 12.9. The molecule has 2 aromatic carbocycles. The third-order valence-corrected chi connectivity index (χ3v) is 6.33. The first-order valence-electron chi connectivity index (χ1n) is 11.2. The minimum Gasteiger partial charge on any atom is -0.338 e. The fraction of sp³-hybridized carbons (Fsp3) is 0.320. The molecule has 0 radical (unpaired) electrons. The standard InChI is InChI=1S/C25H27N5O2/c31-24(29-14-16-30(17-15-29)25(32)23-6-3-13-26-23)19-10-7-18(8-11-19)9-12-22-20-4-1-2-5-21(20)27-28-22/h1-2,4-5,7-12,23,26H,3,6,13-17H2,(H,27,28). The molecule has 2 N–H and O–H groups in total. The van der Waals surface area contributed by atoms with Crippen molar-refractivity contribution in [2.75, 3.05) is 32.7 Å².